The zero-order chi connectivity index (χ0) is 22.0. The Balaban J connectivity index is 1.44. The molecule has 10 heteroatoms. The number of Topliss-reactive ketones (excluding diaryl/α,β-unsaturated/α-hetero) is 1. The first kappa shape index (κ1) is 21.1. The summed E-state index contributed by atoms with van der Waals surface area (Å²) >= 11 is 2.61. The van der Waals surface area contributed by atoms with Crippen molar-refractivity contribution < 1.29 is 24.0 Å². The van der Waals surface area contributed by atoms with Gasteiger partial charge in [-0.05, 0) is 17.7 Å². The van der Waals surface area contributed by atoms with Crippen molar-refractivity contribution in [2.75, 3.05) is 5.75 Å². The minimum Gasteiger partial charge on any atom is -0.456 e. The number of ether oxygens (including phenoxy) is 1. The summed E-state index contributed by atoms with van der Waals surface area (Å²) in [5.41, 5.74) is 1.28. The lowest BCUT2D eigenvalue weighted by Crippen LogP contribution is -2.48. The highest BCUT2D eigenvalue weighted by atomic mass is 32.2. The van der Waals surface area contributed by atoms with Gasteiger partial charge in [0.2, 0.25) is 5.91 Å². The first-order chi connectivity index (χ1) is 14.9. The van der Waals surface area contributed by atoms with Crippen LogP contribution in [0.15, 0.2) is 64.5 Å². The van der Waals surface area contributed by atoms with Crippen LogP contribution in [0, 0.1) is 10.1 Å². The number of ketones is 1. The predicted octanol–water partition coefficient (Wildman–Crippen LogP) is 3.73. The van der Waals surface area contributed by atoms with E-state index in [1.165, 1.54) is 52.7 Å². The topological polar surface area (TPSA) is 107 Å². The second-order valence-corrected chi connectivity index (χ2v) is 9.19. The van der Waals surface area contributed by atoms with Crippen molar-refractivity contribution in [3.63, 3.8) is 0 Å². The predicted molar refractivity (Wildman–Crippen MR) is 116 cm³/mol. The van der Waals surface area contributed by atoms with E-state index in [4.69, 9.17) is 4.74 Å². The molecule has 0 N–H and O–H groups in total. The number of nitro groups is 1. The number of fused-ring (bicyclic) bond motifs is 1. The van der Waals surface area contributed by atoms with Crippen molar-refractivity contribution in [2.24, 2.45) is 0 Å². The van der Waals surface area contributed by atoms with E-state index in [0.29, 0.717) is 21.8 Å². The van der Waals surface area contributed by atoms with E-state index in [2.05, 4.69) is 0 Å². The Hall–Kier alpha value is -3.11. The average Bonchev–Trinajstić information content (AvgIpc) is 3.08. The van der Waals surface area contributed by atoms with E-state index in [-0.39, 0.29) is 40.8 Å². The average molecular weight is 457 g/mol. The van der Waals surface area contributed by atoms with Gasteiger partial charge in [0.05, 0.1) is 26.7 Å². The van der Waals surface area contributed by atoms with E-state index in [1.807, 2.05) is 6.07 Å². The summed E-state index contributed by atoms with van der Waals surface area (Å²) in [7, 11) is 0. The fourth-order valence-electron chi connectivity index (χ4n) is 3.08. The van der Waals surface area contributed by atoms with Crippen LogP contribution in [0.4, 0.5) is 5.69 Å². The highest BCUT2D eigenvalue weighted by molar-refractivity contribution is 8.23. The number of esters is 1. The smallest absolute Gasteiger partial charge is 0.357 e. The second kappa shape index (κ2) is 8.94. The van der Waals surface area contributed by atoms with Crippen LogP contribution < -0.4 is 0 Å². The number of β-lactam (4-membered cyclic amide) rings is 1. The lowest BCUT2D eigenvalue weighted by Gasteiger charge is -2.34. The van der Waals surface area contributed by atoms with Crippen LogP contribution in [-0.4, -0.2) is 38.6 Å². The molecule has 0 saturated carbocycles. The maximum absolute atomic E-state index is 12.8. The summed E-state index contributed by atoms with van der Waals surface area (Å²) in [6.07, 6.45) is 0.334. The van der Waals surface area contributed by atoms with E-state index < -0.39 is 10.9 Å². The molecule has 2 aromatic rings. The third-order valence-corrected chi connectivity index (χ3v) is 7.29. The molecule has 1 atom stereocenters. The van der Waals surface area contributed by atoms with Gasteiger partial charge in [0.15, 0.2) is 11.5 Å². The summed E-state index contributed by atoms with van der Waals surface area (Å²) < 4.78 is 5.95. The fraction of sp³-hybridized carbons (Fsp3) is 0.190. The second-order valence-electron chi connectivity index (χ2n) is 6.75. The van der Waals surface area contributed by atoms with Crippen LogP contribution in [0.3, 0.4) is 0 Å². The highest BCUT2D eigenvalue weighted by Gasteiger charge is 2.49. The monoisotopic (exact) mass is 456 g/mol. The zero-order valence-corrected chi connectivity index (χ0v) is 17.7. The van der Waals surface area contributed by atoms with Gasteiger partial charge in [0.1, 0.15) is 6.61 Å². The van der Waals surface area contributed by atoms with Crippen molar-refractivity contribution in [1.29, 1.82) is 0 Å². The molecule has 0 aromatic heterocycles. The maximum Gasteiger partial charge on any atom is 0.357 e. The maximum atomic E-state index is 12.8. The lowest BCUT2D eigenvalue weighted by molar-refractivity contribution is -0.384. The number of nitro benzene ring substituents is 1. The Morgan fingerprint density at radius 3 is 2.52 bits per heavy atom. The number of hydrogen-bond donors (Lipinski definition) is 0. The van der Waals surface area contributed by atoms with E-state index in [1.54, 1.807) is 24.3 Å². The Morgan fingerprint density at radius 2 is 1.87 bits per heavy atom. The minimum atomic E-state index is -0.656. The number of benzene rings is 2. The van der Waals surface area contributed by atoms with Crippen molar-refractivity contribution >= 4 is 46.9 Å². The molecule has 0 radical (unpaired) electrons. The van der Waals surface area contributed by atoms with Crippen LogP contribution >= 0.6 is 23.5 Å². The van der Waals surface area contributed by atoms with Gasteiger partial charge in [-0.3, -0.25) is 24.6 Å². The van der Waals surface area contributed by atoms with Crippen molar-refractivity contribution in [2.45, 2.75) is 18.4 Å². The number of non-ortho nitro benzene ring substituents is 1. The highest BCUT2D eigenvalue weighted by Crippen LogP contribution is 2.50. The van der Waals surface area contributed by atoms with Gasteiger partial charge < -0.3 is 4.74 Å². The summed E-state index contributed by atoms with van der Waals surface area (Å²) in [6.45, 7) is -0.0847. The Labute approximate surface area is 185 Å². The van der Waals surface area contributed by atoms with Gasteiger partial charge in [0, 0.05) is 17.7 Å². The van der Waals surface area contributed by atoms with Gasteiger partial charge in [-0.25, -0.2) is 4.79 Å². The van der Waals surface area contributed by atoms with Gasteiger partial charge in [-0.15, -0.1) is 11.8 Å². The fourth-order valence-corrected chi connectivity index (χ4v) is 5.71. The first-order valence-corrected chi connectivity index (χ1v) is 11.1. The molecule has 2 aromatic carbocycles. The summed E-state index contributed by atoms with van der Waals surface area (Å²) in [5.74, 6) is -0.751. The number of rotatable bonds is 8. The van der Waals surface area contributed by atoms with Gasteiger partial charge >= 0.3 is 5.97 Å². The van der Waals surface area contributed by atoms with E-state index in [9.17, 15) is 24.5 Å². The number of carbonyl (C=O) groups excluding carboxylic acids is 3. The summed E-state index contributed by atoms with van der Waals surface area (Å²) in [4.78, 5) is 48.9. The number of amides is 1. The van der Waals surface area contributed by atoms with Crippen LogP contribution in [-0.2, 0) is 20.9 Å². The van der Waals surface area contributed by atoms with Gasteiger partial charge in [-0.1, -0.05) is 42.1 Å². The molecule has 1 fully saturated rings. The Morgan fingerprint density at radius 1 is 1.16 bits per heavy atom. The summed E-state index contributed by atoms with van der Waals surface area (Å²) in [5, 5.41) is 10.6. The molecule has 0 spiro atoms. The third kappa shape index (κ3) is 4.49. The van der Waals surface area contributed by atoms with E-state index in [0.717, 1.165) is 0 Å². The number of nitrogens with zero attached hydrogens (tertiary/aromatic N) is 2. The SMILES string of the molecule is O=C(OCc1ccc([N+](=O)[O-])cc1)C1=C(SCC(=O)c2ccccc2)S[C@@H]2CC(=O)N12. The lowest BCUT2D eigenvalue weighted by atomic mass is 10.2. The van der Waals surface area contributed by atoms with Crippen LogP contribution in [0.25, 0.3) is 0 Å². The zero-order valence-electron chi connectivity index (χ0n) is 16.1. The first-order valence-electron chi connectivity index (χ1n) is 9.28. The molecule has 8 nitrogen and oxygen atoms in total. The minimum absolute atomic E-state index is 0.0548. The van der Waals surface area contributed by atoms with Crippen LogP contribution in [0.2, 0.25) is 0 Å². The molecular weight excluding hydrogens is 440 g/mol. The molecule has 2 aliphatic heterocycles. The number of thioether (sulfide) groups is 2. The molecule has 0 aliphatic carbocycles. The number of carbonyl (C=O) groups is 3. The largest absolute Gasteiger partial charge is 0.456 e. The normalized spacial score (nSPS) is 17.2. The molecule has 0 unspecified atom stereocenters. The van der Waals surface area contributed by atoms with Gasteiger partial charge in [0.25, 0.3) is 5.69 Å². The molecule has 31 heavy (non-hydrogen) atoms. The quantitative estimate of drug-likeness (QED) is 0.194. The third-order valence-electron chi connectivity index (χ3n) is 4.72. The number of hydrogen-bond acceptors (Lipinski definition) is 8. The molecule has 1 amide bonds. The van der Waals surface area contributed by atoms with Crippen LogP contribution in [0.5, 0.6) is 0 Å². The summed E-state index contributed by atoms with van der Waals surface area (Å²) in [6, 6.07) is 14.5. The molecule has 2 aliphatic rings. The molecule has 4 rings (SSSR count). The molecular formula is C21H16N2O6S2. The van der Waals surface area contributed by atoms with Crippen molar-refractivity contribution in [3.05, 3.63) is 85.8 Å². The molecule has 0 bridgehead atoms. The van der Waals surface area contributed by atoms with Crippen molar-refractivity contribution in [1.82, 2.24) is 4.90 Å². The molecule has 158 valence electrons. The molecule has 1 saturated heterocycles. The molecule has 2 heterocycles. The van der Waals surface area contributed by atoms with E-state index >= 15 is 0 Å². The van der Waals surface area contributed by atoms with Gasteiger partial charge in [-0.2, -0.15) is 0 Å². The van der Waals surface area contributed by atoms with Crippen LogP contribution in [0.1, 0.15) is 22.3 Å². The van der Waals surface area contributed by atoms with Crippen molar-refractivity contribution in [3.8, 4) is 0 Å². The standard InChI is InChI=1S/C21H16N2O6S2/c24-16(14-4-2-1-3-5-14)12-30-21-19(22-17(25)10-18(22)31-21)20(26)29-11-13-6-8-15(9-7-13)23(27)28/h1-9,18H,10-12H2/t18-/m1/s1. The Kier molecular flexibility index (Phi) is 6.10. The Bertz CT molecular complexity index is 1080.